The zero-order valence-electron chi connectivity index (χ0n) is 13.3. The standard InChI is InChI=1S/C18H18N2O3S/c1-2-15-14-10-12-24-17(14)9-11-19(15)18(21)8-7-13-5-3-4-6-16(13)20(22)23/h3-8,10,12,15H,2,9,11H2,1H3/b8-7+. The number of benzene rings is 1. The molecule has 1 aromatic carbocycles. The molecule has 1 atom stereocenters. The summed E-state index contributed by atoms with van der Waals surface area (Å²) >= 11 is 1.74. The van der Waals surface area contributed by atoms with Gasteiger partial charge in [-0.1, -0.05) is 19.1 Å². The normalized spacial score (nSPS) is 17.0. The number of para-hydroxylation sites is 1. The van der Waals surface area contributed by atoms with E-state index in [0.29, 0.717) is 12.1 Å². The SMILES string of the molecule is CCC1c2ccsc2CCN1C(=O)/C=C/c1ccccc1[N+](=O)[O-]. The molecule has 0 fully saturated rings. The number of carbonyl (C=O) groups excluding carboxylic acids is 1. The minimum absolute atomic E-state index is 0.00681. The van der Waals surface area contributed by atoms with E-state index >= 15 is 0 Å². The summed E-state index contributed by atoms with van der Waals surface area (Å²) in [7, 11) is 0. The zero-order valence-corrected chi connectivity index (χ0v) is 14.2. The van der Waals surface area contributed by atoms with Gasteiger partial charge in [0.05, 0.1) is 16.5 Å². The molecule has 1 amide bonds. The Morgan fingerprint density at radius 1 is 1.42 bits per heavy atom. The van der Waals surface area contributed by atoms with Crippen LogP contribution >= 0.6 is 11.3 Å². The predicted octanol–water partition coefficient (Wildman–Crippen LogP) is 4.21. The molecule has 0 saturated heterocycles. The fourth-order valence-electron chi connectivity index (χ4n) is 3.15. The Labute approximate surface area is 144 Å². The van der Waals surface area contributed by atoms with E-state index in [1.807, 2.05) is 4.90 Å². The molecule has 6 heteroatoms. The predicted molar refractivity (Wildman–Crippen MR) is 94.9 cm³/mol. The van der Waals surface area contributed by atoms with Crippen molar-refractivity contribution in [2.24, 2.45) is 0 Å². The van der Waals surface area contributed by atoms with E-state index < -0.39 is 4.92 Å². The molecule has 0 radical (unpaired) electrons. The maximum Gasteiger partial charge on any atom is 0.276 e. The molecule has 0 spiro atoms. The molecule has 3 rings (SSSR count). The molecule has 1 aromatic heterocycles. The lowest BCUT2D eigenvalue weighted by Crippen LogP contribution is -2.38. The van der Waals surface area contributed by atoms with Gasteiger partial charge in [-0.2, -0.15) is 0 Å². The molecule has 0 aliphatic carbocycles. The minimum atomic E-state index is -0.433. The average molecular weight is 342 g/mol. The van der Waals surface area contributed by atoms with Gasteiger partial charge in [0.15, 0.2) is 0 Å². The lowest BCUT2D eigenvalue weighted by atomic mass is 9.97. The molecule has 0 N–H and O–H groups in total. The lowest BCUT2D eigenvalue weighted by Gasteiger charge is -2.34. The van der Waals surface area contributed by atoms with Crippen LogP contribution in [0.25, 0.3) is 6.08 Å². The van der Waals surface area contributed by atoms with E-state index in [4.69, 9.17) is 0 Å². The van der Waals surface area contributed by atoms with Crippen molar-refractivity contribution < 1.29 is 9.72 Å². The van der Waals surface area contributed by atoms with Crippen molar-refractivity contribution in [1.29, 1.82) is 0 Å². The number of nitro groups is 1. The summed E-state index contributed by atoms with van der Waals surface area (Å²) in [6.45, 7) is 2.76. The summed E-state index contributed by atoms with van der Waals surface area (Å²) < 4.78 is 0. The first-order valence-electron chi connectivity index (χ1n) is 7.90. The van der Waals surface area contributed by atoms with Crippen molar-refractivity contribution in [2.75, 3.05) is 6.54 Å². The van der Waals surface area contributed by atoms with E-state index in [2.05, 4.69) is 18.4 Å². The molecular weight excluding hydrogens is 324 g/mol. The van der Waals surface area contributed by atoms with Crippen LogP contribution in [-0.4, -0.2) is 22.3 Å². The maximum atomic E-state index is 12.6. The fourth-order valence-corrected chi connectivity index (χ4v) is 4.08. The molecule has 1 unspecified atom stereocenters. The number of hydrogen-bond acceptors (Lipinski definition) is 4. The number of thiophene rings is 1. The highest BCUT2D eigenvalue weighted by molar-refractivity contribution is 7.10. The number of nitro benzene ring substituents is 1. The number of nitrogens with zero attached hydrogens (tertiary/aromatic N) is 2. The third-order valence-corrected chi connectivity index (χ3v) is 5.30. The van der Waals surface area contributed by atoms with Crippen molar-refractivity contribution in [2.45, 2.75) is 25.8 Å². The third kappa shape index (κ3) is 3.10. The van der Waals surface area contributed by atoms with Gasteiger partial charge in [0, 0.05) is 23.6 Å². The second-order valence-corrected chi connectivity index (χ2v) is 6.65. The number of rotatable bonds is 4. The van der Waals surface area contributed by atoms with E-state index in [1.54, 1.807) is 29.5 Å². The highest BCUT2D eigenvalue weighted by Crippen LogP contribution is 2.35. The minimum Gasteiger partial charge on any atom is -0.332 e. The highest BCUT2D eigenvalue weighted by Gasteiger charge is 2.29. The largest absolute Gasteiger partial charge is 0.332 e. The topological polar surface area (TPSA) is 63.5 Å². The van der Waals surface area contributed by atoms with Crippen LogP contribution in [0.15, 0.2) is 41.8 Å². The van der Waals surface area contributed by atoms with Crippen LogP contribution in [0, 0.1) is 10.1 Å². The van der Waals surface area contributed by atoms with Gasteiger partial charge < -0.3 is 4.90 Å². The first kappa shape index (κ1) is 16.4. The van der Waals surface area contributed by atoms with E-state index in [9.17, 15) is 14.9 Å². The van der Waals surface area contributed by atoms with Gasteiger partial charge in [0.2, 0.25) is 5.91 Å². The molecule has 0 saturated carbocycles. The van der Waals surface area contributed by atoms with Crippen LogP contribution in [0.3, 0.4) is 0 Å². The van der Waals surface area contributed by atoms with Crippen molar-refractivity contribution in [3.8, 4) is 0 Å². The van der Waals surface area contributed by atoms with Gasteiger partial charge in [0.1, 0.15) is 0 Å². The van der Waals surface area contributed by atoms with E-state index in [-0.39, 0.29) is 17.6 Å². The first-order valence-corrected chi connectivity index (χ1v) is 8.78. The number of fused-ring (bicyclic) bond motifs is 1. The molecule has 1 aliphatic heterocycles. The Balaban J connectivity index is 1.82. The highest BCUT2D eigenvalue weighted by atomic mass is 32.1. The summed E-state index contributed by atoms with van der Waals surface area (Å²) in [6.07, 6.45) is 4.71. The van der Waals surface area contributed by atoms with Gasteiger partial charge in [-0.15, -0.1) is 11.3 Å². The molecule has 124 valence electrons. The second-order valence-electron chi connectivity index (χ2n) is 5.65. The van der Waals surface area contributed by atoms with Crippen LogP contribution in [-0.2, 0) is 11.2 Å². The summed E-state index contributed by atoms with van der Waals surface area (Å²) in [5.74, 6) is -0.100. The molecule has 2 heterocycles. The van der Waals surface area contributed by atoms with Gasteiger partial charge in [0.25, 0.3) is 5.69 Å². The third-order valence-electron chi connectivity index (χ3n) is 4.30. The Hall–Kier alpha value is -2.47. The van der Waals surface area contributed by atoms with Crippen LogP contribution in [0.4, 0.5) is 5.69 Å². The van der Waals surface area contributed by atoms with Gasteiger partial charge in [-0.05, 0) is 42.0 Å². The van der Waals surface area contributed by atoms with E-state index in [1.165, 1.54) is 28.7 Å². The molecule has 1 aliphatic rings. The fraction of sp³-hybridized carbons (Fsp3) is 0.278. The Bertz CT molecular complexity index is 797. The Morgan fingerprint density at radius 2 is 2.21 bits per heavy atom. The summed E-state index contributed by atoms with van der Waals surface area (Å²) in [4.78, 5) is 26.5. The van der Waals surface area contributed by atoms with Crippen LogP contribution in [0.1, 0.15) is 35.4 Å². The smallest absolute Gasteiger partial charge is 0.276 e. The Kier molecular flexibility index (Phi) is 4.76. The monoisotopic (exact) mass is 342 g/mol. The summed E-state index contributed by atoms with van der Waals surface area (Å²) in [6, 6.07) is 8.61. The van der Waals surface area contributed by atoms with E-state index in [0.717, 1.165) is 12.8 Å². The van der Waals surface area contributed by atoms with Crippen molar-refractivity contribution in [3.63, 3.8) is 0 Å². The lowest BCUT2D eigenvalue weighted by molar-refractivity contribution is -0.385. The molecule has 2 aromatic rings. The molecule has 24 heavy (non-hydrogen) atoms. The second kappa shape index (κ2) is 6.97. The number of hydrogen-bond donors (Lipinski definition) is 0. The van der Waals surface area contributed by atoms with Crippen molar-refractivity contribution in [1.82, 2.24) is 4.90 Å². The van der Waals surface area contributed by atoms with Gasteiger partial charge >= 0.3 is 0 Å². The number of carbonyl (C=O) groups is 1. The van der Waals surface area contributed by atoms with Crippen LogP contribution in [0.5, 0.6) is 0 Å². The van der Waals surface area contributed by atoms with Gasteiger partial charge in [-0.3, -0.25) is 14.9 Å². The summed E-state index contributed by atoms with van der Waals surface area (Å²) in [5, 5.41) is 13.1. The first-order chi connectivity index (χ1) is 11.6. The molecule has 5 nitrogen and oxygen atoms in total. The average Bonchev–Trinajstić information content (AvgIpc) is 3.07. The molecular formula is C18H18N2O3S. The van der Waals surface area contributed by atoms with Crippen molar-refractivity contribution in [3.05, 3.63) is 67.9 Å². The number of amides is 1. The maximum absolute atomic E-state index is 12.6. The van der Waals surface area contributed by atoms with Crippen molar-refractivity contribution >= 4 is 29.0 Å². The molecule has 0 bridgehead atoms. The quantitative estimate of drug-likeness (QED) is 0.475. The van der Waals surface area contributed by atoms with Crippen LogP contribution in [0.2, 0.25) is 0 Å². The van der Waals surface area contributed by atoms with Crippen LogP contribution < -0.4 is 0 Å². The summed E-state index contributed by atoms with van der Waals surface area (Å²) in [5.41, 5.74) is 1.69. The Morgan fingerprint density at radius 3 is 2.96 bits per heavy atom. The zero-order chi connectivity index (χ0) is 17.1. The van der Waals surface area contributed by atoms with Gasteiger partial charge in [-0.25, -0.2) is 0 Å².